The number of carboxylic acids is 2. The molecule has 12 nitrogen and oxygen atoms in total. The molecule has 0 saturated carbocycles. The molecule has 218 valence electrons. The molecule has 4 saturated heterocycles. The molecule has 4 atom stereocenters. The first kappa shape index (κ1) is 31.6. The van der Waals surface area contributed by atoms with Gasteiger partial charge in [0.2, 0.25) is 0 Å². The number of carboxylic acid groups (broad SMARTS) is 2. The fourth-order valence-electron chi connectivity index (χ4n) is 5.05. The predicted octanol–water partition coefficient (Wildman–Crippen LogP) is 2.08. The molecule has 0 aromatic rings. The van der Waals surface area contributed by atoms with E-state index in [1.54, 1.807) is 0 Å². The van der Waals surface area contributed by atoms with E-state index in [0.717, 1.165) is 77.0 Å². The third-order valence-electron chi connectivity index (χ3n) is 6.90. The fraction of sp³-hybridized carbons (Fsp3) is 0.846. The van der Waals surface area contributed by atoms with Gasteiger partial charge in [0, 0.05) is 26.2 Å². The number of hydrogen-bond acceptors (Lipinski definition) is 8. The third kappa shape index (κ3) is 10.6. The second-order valence-electron chi connectivity index (χ2n) is 12.4. The molecular formula is C26H46N4O8. The van der Waals surface area contributed by atoms with Crippen LogP contribution in [0, 0.1) is 23.7 Å². The minimum atomic E-state index is -1.82. The highest BCUT2D eigenvalue weighted by Gasteiger charge is 2.37. The quantitative estimate of drug-likeness (QED) is 0.334. The monoisotopic (exact) mass is 542 g/mol. The van der Waals surface area contributed by atoms with E-state index >= 15 is 0 Å². The van der Waals surface area contributed by atoms with Gasteiger partial charge in [-0.2, -0.15) is 0 Å². The summed E-state index contributed by atoms with van der Waals surface area (Å²) in [6.07, 6.45) is 1.91. The molecule has 0 aromatic heterocycles. The van der Waals surface area contributed by atoms with Gasteiger partial charge in [-0.3, -0.25) is 0 Å². The molecule has 12 heteroatoms. The molecule has 0 aromatic carbocycles. The highest BCUT2D eigenvalue weighted by atomic mass is 16.6. The minimum Gasteiger partial charge on any atom is -0.473 e. The molecule has 4 N–H and O–H groups in total. The summed E-state index contributed by atoms with van der Waals surface area (Å²) in [6, 6.07) is 0. The summed E-state index contributed by atoms with van der Waals surface area (Å²) in [5.41, 5.74) is -0.774. The van der Waals surface area contributed by atoms with Crippen molar-refractivity contribution in [1.82, 2.24) is 20.4 Å². The zero-order chi connectivity index (χ0) is 28.7. The first-order chi connectivity index (χ1) is 17.6. The maximum Gasteiger partial charge on any atom is 0.414 e. The molecular weight excluding hydrogens is 496 g/mol. The summed E-state index contributed by atoms with van der Waals surface area (Å²) < 4.78 is 10.8. The summed E-state index contributed by atoms with van der Waals surface area (Å²) in [5, 5.41) is 21.6. The van der Waals surface area contributed by atoms with E-state index in [0.29, 0.717) is 11.8 Å². The predicted molar refractivity (Wildman–Crippen MR) is 140 cm³/mol. The van der Waals surface area contributed by atoms with Crippen LogP contribution in [0.15, 0.2) is 0 Å². The Hall–Kier alpha value is -2.60. The van der Waals surface area contributed by atoms with E-state index in [2.05, 4.69) is 10.6 Å². The Bertz CT molecular complexity index is 770. The van der Waals surface area contributed by atoms with Crippen LogP contribution >= 0.6 is 0 Å². The molecule has 0 radical (unpaired) electrons. The van der Waals surface area contributed by atoms with E-state index in [1.165, 1.54) is 0 Å². The number of aliphatic carboxylic acids is 2. The largest absolute Gasteiger partial charge is 0.473 e. The zero-order valence-electron chi connectivity index (χ0n) is 23.6. The molecule has 2 amide bonds. The van der Waals surface area contributed by atoms with Gasteiger partial charge in [-0.1, -0.05) is 0 Å². The number of likely N-dealkylation sites (tertiary alicyclic amines) is 2. The average Bonchev–Trinajstić information content (AvgIpc) is 3.45. The summed E-state index contributed by atoms with van der Waals surface area (Å²) in [5.74, 6) is -0.870. The Kier molecular flexibility index (Phi) is 11.2. The number of rotatable bonds is 0. The van der Waals surface area contributed by atoms with Crippen molar-refractivity contribution in [2.45, 2.75) is 65.6 Å². The highest BCUT2D eigenvalue weighted by molar-refractivity contribution is 6.27. The van der Waals surface area contributed by atoms with Gasteiger partial charge in [0.05, 0.1) is 0 Å². The number of fused-ring (bicyclic) bond motifs is 2. The van der Waals surface area contributed by atoms with Gasteiger partial charge >= 0.3 is 24.1 Å². The first-order valence-corrected chi connectivity index (χ1v) is 13.4. The van der Waals surface area contributed by atoms with Crippen molar-refractivity contribution >= 4 is 24.1 Å². The first-order valence-electron chi connectivity index (χ1n) is 13.4. The number of amides is 2. The van der Waals surface area contributed by atoms with E-state index in [-0.39, 0.29) is 23.4 Å². The van der Waals surface area contributed by atoms with Crippen molar-refractivity contribution in [2.75, 3.05) is 52.4 Å². The number of nitrogens with zero attached hydrogens (tertiary/aromatic N) is 2. The Labute approximate surface area is 225 Å². The second-order valence-corrected chi connectivity index (χ2v) is 12.4. The van der Waals surface area contributed by atoms with Gasteiger partial charge in [-0.15, -0.1) is 0 Å². The average molecular weight is 543 g/mol. The summed E-state index contributed by atoms with van der Waals surface area (Å²) in [7, 11) is 0. The number of carbonyl (C=O) groups is 4. The molecule has 38 heavy (non-hydrogen) atoms. The number of piperidine rings is 2. The standard InChI is InChI=1S/2C12H22N2O2.C2H2O4/c2*1-12(2,3)16-11(15)14-5-4-9-6-13-7-10(9)8-14;3-1(4)2(5)6/h2*9-10,13H,4-8H2,1-3H3;(H,3,4)(H,5,6)/t2*9-,10-;/m11./s1. The van der Waals surface area contributed by atoms with Crippen LogP contribution in [0.25, 0.3) is 0 Å². The van der Waals surface area contributed by atoms with Crippen LogP contribution in [0.5, 0.6) is 0 Å². The Balaban J connectivity index is 0.000000221. The number of carbonyl (C=O) groups excluding carboxylic acids is 2. The van der Waals surface area contributed by atoms with E-state index in [9.17, 15) is 9.59 Å². The van der Waals surface area contributed by atoms with Crippen LogP contribution in [-0.2, 0) is 19.1 Å². The maximum absolute atomic E-state index is 11.9. The Morgan fingerprint density at radius 3 is 1.24 bits per heavy atom. The summed E-state index contributed by atoms with van der Waals surface area (Å²) in [6.45, 7) is 19.2. The van der Waals surface area contributed by atoms with Gasteiger partial charge in [0.1, 0.15) is 11.2 Å². The van der Waals surface area contributed by atoms with Crippen molar-refractivity contribution in [1.29, 1.82) is 0 Å². The fourth-order valence-corrected chi connectivity index (χ4v) is 5.05. The molecule has 4 rings (SSSR count). The lowest BCUT2D eigenvalue weighted by molar-refractivity contribution is -0.159. The lowest BCUT2D eigenvalue weighted by Crippen LogP contribution is -2.45. The van der Waals surface area contributed by atoms with Crippen molar-refractivity contribution in [3.8, 4) is 0 Å². The molecule has 4 aliphatic rings. The van der Waals surface area contributed by atoms with E-state index in [4.69, 9.17) is 29.3 Å². The SMILES string of the molecule is CC(C)(C)OC(=O)N1CC[C@@H]2CNC[C@@H]2C1.CC(C)(C)OC(=O)N1CC[C@@H]2CNC[C@@H]2C1.O=C(O)C(=O)O. The second kappa shape index (κ2) is 13.5. The van der Waals surface area contributed by atoms with Gasteiger partial charge in [0.25, 0.3) is 0 Å². The van der Waals surface area contributed by atoms with Crippen molar-refractivity contribution < 1.29 is 38.9 Å². The van der Waals surface area contributed by atoms with E-state index in [1.807, 2.05) is 51.3 Å². The van der Waals surface area contributed by atoms with Crippen LogP contribution in [0.4, 0.5) is 9.59 Å². The Morgan fingerprint density at radius 1 is 0.632 bits per heavy atom. The summed E-state index contributed by atoms with van der Waals surface area (Å²) in [4.78, 5) is 45.7. The van der Waals surface area contributed by atoms with Crippen LogP contribution in [0.3, 0.4) is 0 Å². The molecule has 0 unspecified atom stereocenters. The molecule has 0 aliphatic carbocycles. The van der Waals surface area contributed by atoms with Crippen molar-refractivity contribution in [3.63, 3.8) is 0 Å². The van der Waals surface area contributed by atoms with Crippen LogP contribution in [0.2, 0.25) is 0 Å². The lowest BCUT2D eigenvalue weighted by atomic mass is 9.89. The zero-order valence-corrected chi connectivity index (χ0v) is 23.6. The highest BCUT2D eigenvalue weighted by Crippen LogP contribution is 2.28. The lowest BCUT2D eigenvalue weighted by Gasteiger charge is -2.35. The number of nitrogens with one attached hydrogen (secondary N) is 2. The van der Waals surface area contributed by atoms with Gasteiger partial charge in [-0.05, 0) is 104 Å². The van der Waals surface area contributed by atoms with Crippen LogP contribution in [0.1, 0.15) is 54.4 Å². The summed E-state index contributed by atoms with van der Waals surface area (Å²) >= 11 is 0. The maximum atomic E-state index is 11.9. The molecule has 0 bridgehead atoms. The van der Waals surface area contributed by atoms with Crippen LogP contribution < -0.4 is 10.6 Å². The van der Waals surface area contributed by atoms with Gasteiger partial charge in [-0.25, -0.2) is 19.2 Å². The molecule has 4 aliphatic heterocycles. The normalized spacial score (nSPS) is 26.5. The number of ether oxygens (including phenoxy) is 2. The molecule has 4 fully saturated rings. The van der Waals surface area contributed by atoms with Gasteiger partial charge in [0.15, 0.2) is 0 Å². The Morgan fingerprint density at radius 2 is 0.947 bits per heavy atom. The van der Waals surface area contributed by atoms with E-state index < -0.39 is 11.9 Å². The smallest absolute Gasteiger partial charge is 0.414 e. The third-order valence-corrected chi connectivity index (χ3v) is 6.90. The molecule has 0 spiro atoms. The topological polar surface area (TPSA) is 158 Å². The van der Waals surface area contributed by atoms with Crippen molar-refractivity contribution in [3.05, 3.63) is 0 Å². The molecule has 4 heterocycles. The van der Waals surface area contributed by atoms with Crippen molar-refractivity contribution in [2.24, 2.45) is 23.7 Å². The van der Waals surface area contributed by atoms with Crippen LogP contribution in [-0.4, -0.2) is 108 Å². The minimum absolute atomic E-state index is 0.155. The number of hydrogen-bond donors (Lipinski definition) is 4. The van der Waals surface area contributed by atoms with Gasteiger partial charge < -0.3 is 40.1 Å².